The lowest BCUT2D eigenvalue weighted by Crippen LogP contribution is -2.27. The Morgan fingerprint density at radius 1 is 1.00 bits per heavy atom. The summed E-state index contributed by atoms with van der Waals surface area (Å²) in [5.74, 6) is -0.213. The molecular formula is C16H31NO2. The zero-order chi connectivity index (χ0) is 14.5. The van der Waals surface area contributed by atoms with E-state index in [9.17, 15) is 4.79 Å². The number of carbonyl (C=O) groups excluding carboxylic acids is 1. The highest BCUT2D eigenvalue weighted by Gasteiger charge is 2.09. The van der Waals surface area contributed by atoms with Gasteiger partial charge >= 0.3 is 5.97 Å². The lowest BCUT2D eigenvalue weighted by Gasteiger charge is -2.17. The van der Waals surface area contributed by atoms with Crippen LogP contribution in [0.5, 0.6) is 0 Å². The van der Waals surface area contributed by atoms with Crippen LogP contribution in [-0.4, -0.2) is 24.1 Å². The predicted molar refractivity (Wildman–Crippen MR) is 80.8 cm³/mol. The molecule has 0 fully saturated rings. The van der Waals surface area contributed by atoms with Crippen LogP contribution < -0.4 is 0 Å². The Bertz CT molecular complexity index is 257. The minimum absolute atomic E-state index is 0.213. The summed E-state index contributed by atoms with van der Waals surface area (Å²) in [5, 5.41) is 1.67. The third-order valence-corrected chi connectivity index (χ3v) is 3.25. The molecule has 0 aliphatic carbocycles. The Balaban J connectivity index is 3.77. The maximum absolute atomic E-state index is 11.7. The number of hydrogen-bond donors (Lipinski definition) is 0. The van der Waals surface area contributed by atoms with Crippen LogP contribution in [0.4, 0.5) is 0 Å². The summed E-state index contributed by atoms with van der Waals surface area (Å²) < 4.78 is 0. The Labute approximate surface area is 119 Å². The molecule has 0 rings (SSSR count). The molecule has 3 heteroatoms. The molecule has 0 saturated carbocycles. The Morgan fingerprint density at radius 2 is 1.58 bits per heavy atom. The molecule has 19 heavy (non-hydrogen) atoms. The normalized spacial score (nSPS) is 11.9. The van der Waals surface area contributed by atoms with Gasteiger partial charge in [-0.1, -0.05) is 45.1 Å². The van der Waals surface area contributed by atoms with E-state index in [-0.39, 0.29) is 5.97 Å². The van der Waals surface area contributed by atoms with Crippen LogP contribution in [-0.2, 0) is 9.63 Å². The molecular weight excluding hydrogens is 238 g/mol. The average Bonchev–Trinajstić information content (AvgIpc) is 2.43. The molecule has 0 aromatic carbocycles. The molecule has 0 unspecified atom stereocenters. The van der Waals surface area contributed by atoms with Crippen molar-refractivity contribution in [3.63, 3.8) is 0 Å². The molecule has 3 nitrogen and oxygen atoms in total. The van der Waals surface area contributed by atoms with E-state index in [4.69, 9.17) is 4.84 Å². The van der Waals surface area contributed by atoms with Gasteiger partial charge in [-0.05, 0) is 33.6 Å². The third-order valence-electron chi connectivity index (χ3n) is 3.25. The number of nitrogens with zero attached hydrogens (tertiary/aromatic N) is 1. The number of allylic oxidation sites excluding steroid dienone is 1. The molecule has 112 valence electrons. The highest BCUT2D eigenvalue weighted by atomic mass is 16.7. The summed E-state index contributed by atoms with van der Waals surface area (Å²) in [5.41, 5.74) is 0.723. The molecule has 0 heterocycles. The molecule has 0 aliphatic rings. The van der Waals surface area contributed by atoms with Crippen LogP contribution in [0.2, 0.25) is 0 Å². The molecule has 0 aromatic heterocycles. The molecule has 0 atom stereocenters. The van der Waals surface area contributed by atoms with Crippen LogP contribution in [0.1, 0.15) is 72.6 Å². The van der Waals surface area contributed by atoms with Crippen molar-refractivity contribution in [2.24, 2.45) is 0 Å². The van der Waals surface area contributed by atoms with Crippen LogP contribution in [0, 0.1) is 0 Å². The van der Waals surface area contributed by atoms with Gasteiger partial charge in [0.15, 0.2) is 0 Å². The zero-order valence-electron chi connectivity index (χ0n) is 13.2. The third kappa shape index (κ3) is 9.71. The molecule has 0 spiro atoms. The highest BCUT2D eigenvalue weighted by Crippen LogP contribution is 2.09. The number of carbonyl (C=O) groups is 1. The standard InChI is InChI=1S/C16H31NO2/c1-5-8-9-10-11-12-13-14-15(4)16(18)19-17(6-2)7-3/h14H,5-13H2,1-4H3. The topological polar surface area (TPSA) is 29.5 Å². The number of rotatable bonds is 11. The Kier molecular flexibility index (Phi) is 11.7. The van der Waals surface area contributed by atoms with Gasteiger partial charge in [-0.15, -0.1) is 5.06 Å². The van der Waals surface area contributed by atoms with Crippen LogP contribution in [0.25, 0.3) is 0 Å². The fourth-order valence-electron chi connectivity index (χ4n) is 1.87. The molecule has 0 bridgehead atoms. The van der Waals surface area contributed by atoms with E-state index in [1.807, 2.05) is 26.8 Å². The average molecular weight is 269 g/mol. The van der Waals surface area contributed by atoms with Crippen LogP contribution in [0.15, 0.2) is 11.6 Å². The van der Waals surface area contributed by atoms with E-state index in [0.717, 1.165) is 25.1 Å². The number of hydroxylamine groups is 2. The zero-order valence-corrected chi connectivity index (χ0v) is 13.2. The summed E-state index contributed by atoms with van der Waals surface area (Å²) >= 11 is 0. The Morgan fingerprint density at radius 3 is 2.16 bits per heavy atom. The first-order valence-electron chi connectivity index (χ1n) is 7.79. The number of unbranched alkanes of at least 4 members (excludes halogenated alkanes) is 6. The maximum Gasteiger partial charge on any atom is 0.352 e. The first-order chi connectivity index (χ1) is 9.15. The van der Waals surface area contributed by atoms with Gasteiger partial charge in [0.25, 0.3) is 0 Å². The second kappa shape index (κ2) is 12.2. The monoisotopic (exact) mass is 269 g/mol. The molecule has 0 aromatic rings. The van der Waals surface area contributed by atoms with Crippen molar-refractivity contribution >= 4 is 5.97 Å². The predicted octanol–water partition coefficient (Wildman–Crippen LogP) is 4.48. The van der Waals surface area contributed by atoms with Gasteiger partial charge in [0.1, 0.15) is 0 Å². The van der Waals surface area contributed by atoms with Gasteiger partial charge in [-0.2, -0.15) is 0 Å². The van der Waals surface area contributed by atoms with Crippen molar-refractivity contribution in [1.29, 1.82) is 0 Å². The van der Waals surface area contributed by atoms with Crippen molar-refractivity contribution < 1.29 is 9.63 Å². The molecule has 0 saturated heterocycles. The van der Waals surface area contributed by atoms with E-state index in [1.54, 1.807) is 5.06 Å². The Hall–Kier alpha value is -0.830. The van der Waals surface area contributed by atoms with Gasteiger partial charge in [-0.25, -0.2) is 4.79 Å². The molecule has 0 aliphatic heterocycles. The minimum atomic E-state index is -0.213. The SMILES string of the molecule is CCCCCCCCC=C(C)C(=O)ON(CC)CC. The van der Waals surface area contributed by atoms with Crippen LogP contribution >= 0.6 is 0 Å². The lowest BCUT2D eigenvalue weighted by atomic mass is 10.1. The summed E-state index contributed by atoms with van der Waals surface area (Å²) in [7, 11) is 0. The maximum atomic E-state index is 11.7. The summed E-state index contributed by atoms with van der Waals surface area (Å²) in [6.07, 6.45) is 10.7. The molecule has 0 radical (unpaired) electrons. The van der Waals surface area contributed by atoms with E-state index in [2.05, 4.69) is 6.92 Å². The number of hydrogen-bond acceptors (Lipinski definition) is 3. The molecule has 0 N–H and O–H groups in total. The fourth-order valence-corrected chi connectivity index (χ4v) is 1.87. The second-order valence-electron chi connectivity index (χ2n) is 4.94. The smallest absolute Gasteiger partial charge is 0.352 e. The van der Waals surface area contributed by atoms with Gasteiger partial charge in [-0.3, -0.25) is 0 Å². The fraction of sp³-hybridized carbons (Fsp3) is 0.812. The first kappa shape index (κ1) is 18.2. The van der Waals surface area contributed by atoms with E-state index in [1.165, 1.54) is 38.5 Å². The second-order valence-corrected chi connectivity index (χ2v) is 4.94. The van der Waals surface area contributed by atoms with E-state index in [0.29, 0.717) is 0 Å². The van der Waals surface area contributed by atoms with E-state index >= 15 is 0 Å². The van der Waals surface area contributed by atoms with E-state index < -0.39 is 0 Å². The van der Waals surface area contributed by atoms with Crippen molar-refractivity contribution in [2.75, 3.05) is 13.1 Å². The van der Waals surface area contributed by atoms with Gasteiger partial charge in [0.2, 0.25) is 0 Å². The minimum Gasteiger partial charge on any atom is -0.364 e. The summed E-state index contributed by atoms with van der Waals surface area (Å²) in [6.45, 7) is 9.48. The quantitative estimate of drug-likeness (QED) is 0.314. The van der Waals surface area contributed by atoms with Gasteiger partial charge in [0.05, 0.1) is 0 Å². The van der Waals surface area contributed by atoms with Crippen molar-refractivity contribution in [2.45, 2.75) is 72.6 Å². The summed E-state index contributed by atoms with van der Waals surface area (Å²) in [4.78, 5) is 17.0. The lowest BCUT2D eigenvalue weighted by molar-refractivity contribution is -0.183. The van der Waals surface area contributed by atoms with Crippen molar-refractivity contribution in [3.8, 4) is 0 Å². The largest absolute Gasteiger partial charge is 0.364 e. The summed E-state index contributed by atoms with van der Waals surface area (Å²) in [6, 6.07) is 0. The van der Waals surface area contributed by atoms with Crippen molar-refractivity contribution in [3.05, 3.63) is 11.6 Å². The van der Waals surface area contributed by atoms with Crippen LogP contribution in [0.3, 0.4) is 0 Å². The molecule has 0 amide bonds. The van der Waals surface area contributed by atoms with Crippen molar-refractivity contribution in [1.82, 2.24) is 5.06 Å². The van der Waals surface area contributed by atoms with Gasteiger partial charge in [0, 0.05) is 18.7 Å². The first-order valence-corrected chi connectivity index (χ1v) is 7.79. The highest BCUT2D eigenvalue weighted by molar-refractivity contribution is 5.87. The van der Waals surface area contributed by atoms with Gasteiger partial charge < -0.3 is 4.84 Å².